The minimum absolute atomic E-state index is 0.0252. The number of benzene rings is 2. The number of aromatic nitrogens is 1. The molecule has 2 amide bonds. The van der Waals surface area contributed by atoms with Crippen LogP contribution in [0, 0.1) is 0 Å². The number of carbonyl (C=O) groups excluding carboxylic acids is 2. The van der Waals surface area contributed by atoms with Gasteiger partial charge in [-0.05, 0) is 31.0 Å². The van der Waals surface area contributed by atoms with Crippen molar-refractivity contribution >= 4 is 22.7 Å². The van der Waals surface area contributed by atoms with Crippen LogP contribution in [0.1, 0.15) is 23.2 Å². The fourth-order valence-electron chi connectivity index (χ4n) is 2.65. The smallest absolute Gasteiger partial charge is 0.251 e. The number of rotatable bonds is 5. The van der Waals surface area contributed by atoms with Gasteiger partial charge < -0.3 is 15.2 Å². The molecule has 1 fully saturated rings. The van der Waals surface area contributed by atoms with E-state index in [1.807, 2.05) is 30.3 Å². The average Bonchev–Trinajstić information content (AvgIpc) is 3.35. The third-order valence-electron chi connectivity index (χ3n) is 4.13. The lowest BCUT2D eigenvalue weighted by molar-refractivity contribution is -0.120. The first-order valence-corrected chi connectivity index (χ1v) is 8.23. The highest BCUT2D eigenvalue weighted by Crippen LogP contribution is 2.29. The van der Waals surface area contributed by atoms with Crippen molar-refractivity contribution in [3.63, 3.8) is 0 Å². The van der Waals surface area contributed by atoms with Crippen molar-refractivity contribution in [2.75, 3.05) is 6.54 Å². The summed E-state index contributed by atoms with van der Waals surface area (Å²) in [6.45, 7) is -0.0252. The Labute approximate surface area is 144 Å². The van der Waals surface area contributed by atoms with Crippen molar-refractivity contribution in [3.05, 3.63) is 54.1 Å². The molecule has 0 spiro atoms. The van der Waals surface area contributed by atoms with Gasteiger partial charge in [0.05, 0.1) is 11.9 Å². The first-order valence-electron chi connectivity index (χ1n) is 8.23. The zero-order valence-corrected chi connectivity index (χ0v) is 13.5. The SMILES string of the molecule is O=C(CNC(=O)c1ccc2noc(-c3ccccc3)c2c1)NC1CC1. The third kappa shape index (κ3) is 3.38. The van der Waals surface area contributed by atoms with Crippen LogP contribution in [0.25, 0.3) is 22.2 Å². The minimum Gasteiger partial charge on any atom is -0.355 e. The van der Waals surface area contributed by atoms with Crippen LogP contribution in [0.15, 0.2) is 53.1 Å². The van der Waals surface area contributed by atoms with Gasteiger partial charge in [0.2, 0.25) is 5.91 Å². The van der Waals surface area contributed by atoms with Gasteiger partial charge in [0.15, 0.2) is 5.76 Å². The lowest BCUT2D eigenvalue weighted by Crippen LogP contribution is -2.37. The standard InChI is InChI=1S/C19H17N3O3/c23-17(21-14-7-8-14)11-20-19(24)13-6-9-16-15(10-13)18(25-22-16)12-4-2-1-3-5-12/h1-6,9-10,14H,7-8,11H2,(H,20,24)(H,21,23). The van der Waals surface area contributed by atoms with Crippen LogP contribution in [0.5, 0.6) is 0 Å². The lowest BCUT2D eigenvalue weighted by Gasteiger charge is -2.06. The number of nitrogens with zero attached hydrogens (tertiary/aromatic N) is 1. The summed E-state index contributed by atoms with van der Waals surface area (Å²) in [4.78, 5) is 24.0. The largest absolute Gasteiger partial charge is 0.355 e. The van der Waals surface area contributed by atoms with Gasteiger partial charge in [0.25, 0.3) is 5.91 Å². The highest BCUT2D eigenvalue weighted by molar-refractivity contribution is 6.02. The zero-order valence-electron chi connectivity index (χ0n) is 13.5. The average molecular weight is 335 g/mol. The van der Waals surface area contributed by atoms with Crippen molar-refractivity contribution in [3.8, 4) is 11.3 Å². The molecule has 1 saturated carbocycles. The van der Waals surface area contributed by atoms with Gasteiger partial charge in [-0.2, -0.15) is 0 Å². The molecule has 25 heavy (non-hydrogen) atoms. The van der Waals surface area contributed by atoms with Gasteiger partial charge in [0, 0.05) is 17.2 Å². The summed E-state index contributed by atoms with van der Waals surface area (Å²) >= 11 is 0. The van der Waals surface area contributed by atoms with Crippen molar-refractivity contribution < 1.29 is 14.1 Å². The number of amides is 2. The van der Waals surface area contributed by atoms with E-state index in [2.05, 4.69) is 15.8 Å². The molecule has 1 aliphatic carbocycles. The van der Waals surface area contributed by atoms with Gasteiger partial charge in [-0.3, -0.25) is 9.59 Å². The van der Waals surface area contributed by atoms with Crippen molar-refractivity contribution in [2.45, 2.75) is 18.9 Å². The number of hydrogen-bond acceptors (Lipinski definition) is 4. The van der Waals surface area contributed by atoms with Gasteiger partial charge in [-0.15, -0.1) is 0 Å². The summed E-state index contributed by atoms with van der Waals surface area (Å²) in [6.07, 6.45) is 2.04. The summed E-state index contributed by atoms with van der Waals surface area (Å²) < 4.78 is 5.44. The van der Waals surface area contributed by atoms with E-state index < -0.39 is 0 Å². The van der Waals surface area contributed by atoms with Crippen LogP contribution >= 0.6 is 0 Å². The Morgan fingerprint density at radius 1 is 1.12 bits per heavy atom. The Kier molecular flexibility index (Phi) is 3.93. The second-order valence-corrected chi connectivity index (χ2v) is 6.13. The number of hydrogen-bond donors (Lipinski definition) is 2. The first-order chi connectivity index (χ1) is 12.2. The molecule has 6 heteroatoms. The summed E-state index contributed by atoms with van der Waals surface area (Å²) in [5.74, 6) is 0.164. The van der Waals surface area contributed by atoms with Crippen LogP contribution in [0.3, 0.4) is 0 Å². The number of fused-ring (bicyclic) bond motifs is 1. The Hall–Kier alpha value is -3.15. The molecule has 0 saturated heterocycles. The molecule has 0 atom stereocenters. The van der Waals surface area contributed by atoms with E-state index in [0.29, 0.717) is 16.8 Å². The fourth-order valence-corrected chi connectivity index (χ4v) is 2.65. The zero-order chi connectivity index (χ0) is 17.2. The van der Waals surface area contributed by atoms with E-state index in [4.69, 9.17) is 4.52 Å². The Balaban J connectivity index is 1.53. The Bertz CT molecular complexity index is 929. The molecular weight excluding hydrogens is 318 g/mol. The highest BCUT2D eigenvalue weighted by Gasteiger charge is 2.23. The van der Waals surface area contributed by atoms with Crippen LogP contribution < -0.4 is 10.6 Å². The molecule has 126 valence electrons. The highest BCUT2D eigenvalue weighted by atomic mass is 16.5. The predicted molar refractivity (Wildman–Crippen MR) is 92.9 cm³/mol. The summed E-state index contributed by atoms with van der Waals surface area (Å²) in [7, 11) is 0. The monoisotopic (exact) mass is 335 g/mol. The van der Waals surface area contributed by atoms with Gasteiger partial charge in [-0.1, -0.05) is 35.5 Å². The van der Waals surface area contributed by atoms with E-state index in [-0.39, 0.29) is 24.4 Å². The Morgan fingerprint density at radius 3 is 2.68 bits per heavy atom. The summed E-state index contributed by atoms with van der Waals surface area (Å²) in [5, 5.41) is 10.3. The molecule has 1 aliphatic rings. The van der Waals surface area contributed by atoms with E-state index >= 15 is 0 Å². The van der Waals surface area contributed by atoms with E-state index in [1.54, 1.807) is 18.2 Å². The molecule has 4 rings (SSSR count). The molecule has 1 aromatic heterocycles. The molecule has 0 radical (unpaired) electrons. The molecule has 2 N–H and O–H groups in total. The molecule has 0 aliphatic heterocycles. The van der Waals surface area contributed by atoms with Gasteiger partial charge in [-0.25, -0.2) is 0 Å². The quantitative estimate of drug-likeness (QED) is 0.750. The lowest BCUT2D eigenvalue weighted by atomic mass is 10.1. The number of carbonyl (C=O) groups is 2. The summed E-state index contributed by atoms with van der Waals surface area (Å²) in [6, 6.07) is 15.0. The molecule has 1 heterocycles. The van der Waals surface area contributed by atoms with Crippen molar-refractivity contribution in [2.24, 2.45) is 0 Å². The van der Waals surface area contributed by atoms with E-state index in [1.165, 1.54) is 0 Å². The molecule has 6 nitrogen and oxygen atoms in total. The van der Waals surface area contributed by atoms with Crippen LogP contribution in [-0.4, -0.2) is 29.6 Å². The van der Waals surface area contributed by atoms with Crippen molar-refractivity contribution in [1.82, 2.24) is 15.8 Å². The minimum atomic E-state index is -0.298. The van der Waals surface area contributed by atoms with E-state index in [9.17, 15) is 9.59 Å². The normalized spacial score (nSPS) is 13.6. The Morgan fingerprint density at radius 2 is 1.92 bits per heavy atom. The van der Waals surface area contributed by atoms with E-state index in [0.717, 1.165) is 23.8 Å². The van der Waals surface area contributed by atoms with Gasteiger partial charge >= 0.3 is 0 Å². The maximum absolute atomic E-state index is 12.3. The topological polar surface area (TPSA) is 84.2 Å². The molecule has 0 unspecified atom stereocenters. The van der Waals surface area contributed by atoms with Crippen LogP contribution in [0.2, 0.25) is 0 Å². The predicted octanol–water partition coefficient (Wildman–Crippen LogP) is 2.50. The maximum atomic E-state index is 12.3. The second-order valence-electron chi connectivity index (χ2n) is 6.13. The second kappa shape index (κ2) is 6.39. The molecular formula is C19H17N3O3. The van der Waals surface area contributed by atoms with Crippen molar-refractivity contribution in [1.29, 1.82) is 0 Å². The third-order valence-corrected chi connectivity index (χ3v) is 4.13. The maximum Gasteiger partial charge on any atom is 0.251 e. The molecule has 0 bridgehead atoms. The van der Waals surface area contributed by atoms with Crippen LogP contribution in [-0.2, 0) is 4.79 Å². The summed E-state index contributed by atoms with van der Waals surface area (Å²) in [5.41, 5.74) is 2.04. The molecule has 2 aromatic carbocycles. The molecule has 3 aromatic rings. The first kappa shape index (κ1) is 15.4. The van der Waals surface area contributed by atoms with Gasteiger partial charge in [0.1, 0.15) is 5.52 Å². The number of nitrogens with one attached hydrogen (secondary N) is 2. The fraction of sp³-hybridized carbons (Fsp3) is 0.211. The van der Waals surface area contributed by atoms with Crippen LogP contribution in [0.4, 0.5) is 0 Å².